The number of aromatic nitrogens is 2. The van der Waals surface area contributed by atoms with Gasteiger partial charge in [0.05, 0.1) is 12.2 Å². The monoisotopic (exact) mass is 313 g/mol. The average molecular weight is 314 g/mol. The summed E-state index contributed by atoms with van der Waals surface area (Å²) in [7, 11) is 1.77. The molecule has 2 aromatic heterocycles. The molecule has 2 aromatic rings. The Labute approximate surface area is 112 Å². The van der Waals surface area contributed by atoms with Crippen molar-refractivity contribution >= 4 is 33.2 Å². The Hall–Kier alpha value is -1.14. The van der Waals surface area contributed by atoms with Crippen LogP contribution in [0.15, 0.2) is 22.0 Å². The molecule has 0 bridgehead atoms. The van der Waals surface area contributed by atoms with Gasteiger partial charge in [0.25, 0.3) is 5.91 Å². The van der Waals surface area contributed by atoms with Crippen molar-refractivity contribution in [2.24, 2.45) is 7.05 Å². The number of nitrogens with one attached hydrogen (secondary N) is 1. The molecule has 0 radical (unpaired) electrons. The highest BCUT2D eigenvalue weighted by Gasteiger charge is 2.12. The molecule has 4 nitrogen and oxygen atoms in total. The first-order valence-electron chi connectivity index (χ1n) is 5.08. The lowest BCUT2D eigenvalue weighted by Crippen LogP contribution is -2.24. The molecule has 0 atom stereocenters. The zero-order valence-electron chi connectivity index (χ0n) is 9.53. The molecular formula is C11H12BrN3OS. The Kier molecular flexibility index (Phi) is 3.63. The first-order valence-corrected chi connectivity index (χ1v) is 6.76. The molecule has 0 aliphatic rings. The summed E-state index contributed by atoms with van der Waals surface area (Å²) >= 11 is 5.04. The van der Waals surface area contributed by atoms with Gasteiger partial charge in [0.1, 0.15) is 5.69 Å². The molecule has 1 N–H and O–H groups in total. The minimum Gasteiger partial charge on any atom is -0.346 e. The van der Waals surface area contributed by atoms with Crippen LogP contribution in [0, 0.1) is 6.92 Å². The van der Waals surface area contributed by atoms with E-state index < -0.39 is 0 Å². The Balaban J connectivity index is 2.03. The Morgan fingerprint density at radius 3 is 2.94 bits per heavy atom. The number of rotatable bonds is 3. The van der Waals surface area contributed by atoms with Crippen LogP contribution in [-0.4, -0.2) is 15.7 Å². The summed E-state index contributed by atoms with van der Waals surface area (Å²) in [6, 6.07) is 3.75. The molecule has 0 aliphatic carbocycles. The molecule has 0 aliphatic heterocycles. The summed E-state index contributed by atoms with van der Waals surface area (Å²) in [5.41, 5.74) is 1.42. The Bertz CT molecular complexity index is 547. The summed E-state index contributed by atoms with van der Waals surface area (Å²) in [5, 5.41) is 9.01. The van der Waals surface area contributed by atoms with Gasteiger partial charge in [-0.15, -0.1) is 11.3 Å². The van der Waals surface area contributed by atoms with Crippen LogP contribution >= 0.6 is 27.3 Å². The summed E-state index contributed by atoms with van der Waals surface area (Å²) in [6.07, 6.45) is 0. The van der Waals surface area contributed by atoms with E-state index in [0.29, 0.717) is 12.2 Å². The zero-order valence-corrected chi connectivity index (χ0v) is 11.9. The van der Waals surface area contributed by atoms with Crippen molar-refractivity contribution in [2.75, 3.05) is 0 Å². The summed E-state index contributed by atoms with van der Waals surface area (Å²) < 4.78 is 2.62. The molecule has 0 saturated heterocycles. The number of halogens is 1. The number of hydrogen-bond donors (Lipinski definition) is 1. The van der Waals surface area contributed by atoms with Gasteiger partial charge in [0.15, 0.2) is 0 Å². The lowest BCUT2D eigenvalue weighted by atomic mass is 10.3. The maximum absolute atomic E-state index is 11.9. The van der Waals surface area contributed by atoms with Gasteiger partial charge in [-0.2, -0.15) is 5.10 Å². The largest absolute Gasteiger partial charge is 0.346 e. The van der Waals surface area contributed by atoms with Crippen LogP contribution in [0.1, 0.15) is 21.1 Å². The topological polar surface area (TPSA) is 46.9 Å². The van der Waals surface area contributed by atoms with Crippen molar-refractivity contribution in [1.82, 2.24) is 15.1 Å². The molecular weight excluding hydrogens is 302 g/mol. The molecule has 0 aromatic carbocycles. The standard InChI is InChI=1S/C11H12BrN3OS/c1-7-5-9(15(2)14-7)11(16)13-6-10-8(12)3-4-17-10/h3-5H,6H2,1-2H3,(H,13,16). The van der Waals surface area contributed by atoms with E-state index in [1.165, 1.54) is 0 Å². The number of amides is 1. The molecule has 0 spiro atoms. The highest BCUT2D eigenvalue weighted by Crippen LogP contribution is 2.22. The number of carbonyl (C=O) groups excluding carboxylic acids is 1. The summed E-state index contributed by atoms with van der Waals surface area (Å²) in [4.78, 5) is 13.0. The van der Waals surface area contributed by atoms with Gasteiger partial charge in [-0.3, -0.25) is 9.48 Å². The molecule has 0 saturated carbocycles. The van der Waals surface area contributed by atoms with E-state index >= 15 is 0 Å². The third-order valence-corrected chi connectivity index (χ3v) is 4.26. The third-order valence-electron chi connectivity index (χ3n) is 2.34. The van der Waals surface area contributed by atoms with E-state index in [0.717, 1.165) is 15.0 Å². The highest BCUT2D eigenvalue weighted by molar-refractivity contribution is 9.10. The van der Waals surface area contributed by atoms with Gasteiger partial charge in [-0.25, -0.2) is 0 Å². The number of carbonyl (C=O) groups is 1. The lowest BCUT2D eigenvalue weighted by Gasteiger charge is -2.04. The minimum atomic E-state index is -0.103. The van der Waals surface area contributed by atoms with Crippen LogP contribution in [0.4, 0.5) is 0 Å². The number of thiophene rings is 1. The van der Waals surface area contributed by atoms with E-state index in [4.69, 9.17) is 0 Å². The van der Waals surface area contributed by atoms with Gasteiger partial charge in [-0.1, -0.05) is 0 Å². The molecule has 1 amide bonds. The lowest BCUT2D eigenvalue weighted by molar-refractivity contribution is 0.0942. The van der Waals surface area contributed by atoms with E-state index in [2.05, 4.69) is 26.3 Å². The van der Waals surface area contributed by atoms with Crippen LogP contribution in [0.3, 0.4) is 0 Å². The van der Waals surface area contributed by atoms with Crippen LogP contribution in [0.2, 0.25) is 0 Å². The van der Waals surface area contributed by atoms with Crippen molar-refractivity contribution in [3.05, 3.63) is 38.3 Å². The molecule has 2 heterocycles. The zero-order chi connectivity index (χ0) is 12.4. The Morgan fingerprint density at radius 2 is 2.41 bits per heavy atom. The molecule has 90 valence electrons. The number of aryl methyl sites for hydroxylation is 2. The van der Waals surface area contributed by atoms with Crippen molar-refractivity contribution < 1.29 is 4.79 Å². The van der Waals surface area contributed by atoms with E-state index in [9.17, 15) is 4.79 Å². The van der Waals surface area contributed by atoms with E-state index in [1.807, 2.05) is 18.4 Å². The summed E-state index contributed by atoms with van der Waals surface area (Å²) in [6.45, 7) is 2.40. The first-order chi connectivity index (χ1) is 8.08. The van der Waals surface area contributed by atoms with Crippen molar-refractivity contribution in [3.8, 4) is 0 Å². The van der Waals surface area contributed by atoms with E-state index in [1.54, 1.807) is 29.1 Å². The minimum absolute atomic E-state index is 0.103. The molecule has 0 fully saturated rings. The van der Waals surface area contributed by atoms with Crippen molar-refractivity contribution in [1.29, 1.82) is 0 Å². The van der Waals surface area contributed by atoms with Crippen LogP contribution in [0.25, 0.3) is 0 Å². The smallest absolute Gasteiger partial charge is 0.269 e. The SMILES string of the molecule is Cc1cc(C(=O)NCc2sccc2Br)n(C)n1. The summed E-state index contributed by atoms with van der Waals surface area (Å²) in [5.74, 6) is -0.103. The van der Waals surface area contributed by atoms with Gasteiger partial charge < -0.3 is 5.32 Å². The van der Waals surface area contributed by atoms with Crippen LogP contribution < -0.4 is 5.32 Å². The second kappa shape index (κ2) is 5.01. The number of nitrogens with zero attached hydrogens (tertiary/aromatic N) is 2. The predicted molar refractivity (Wildman–Crippen MR) is 71.1 cm³/mol. The first kappa shape index (κ1) is 12.3. The maximum atomic E-state index is 11.9. The molecule has 17 heavy (non-hydrogen) atoms. The van der Waals surface area contributed by atoms with Crippen LogP contribution in [-0.2, 0) is 13.6 Å². The van der Waals surface area contributed by atoms with Gasteiger partial charge in [-0.05, 0) is 40.4 Å². The highest BCUT2D eigenvalue weighted by atomic mass is 79.9. The van der Waals surface area contributed by atoms with Gasteiger partial charge in [0.2, 0.25) is 0 Å². The predicted octanol–water partition coefficient (Wildman–Crippen LogP) is 2.48. The van der Waals surface area contributed by atoms with E-state index in [-0.39, 0.29) is 5.91 Å². The fourth-order valence-electron chi connectivity index (χ4n) is 1.53. The third kappa shape index (κ3) is 2.76. The van der Waals surface area contributed by atoms with Gasteiger partial charge in [0, 0.05) is 16.4 Å². The van der Waals surface area contributed by atoms with Crippen molar-refractivity contribution in [2.45, 2.75) is 13.5 Å². The van der Waals surface area contributed by atoms with Gasteiger partial charge >= 0.3 is 0 Å². The Morgan fingerprint density at radius 1 is 1.65 bits per heavy atom. The normalized spacial score (nSPS) is 10.5. The number of hydrogen-bond acceptors (Lipinski definition) is 3. The second-order valence-electron chi connectivity index (χ2n) is 3.67. The second-order valence-corrected chi connectivity index (χ2v) is 5.52. The molecule has 0 unspecified atom stereocenters. The molecule has 6 heteroatoms. The quantitative estimate of drug-likeness (QED) is 0.946. The fraction of sp³-hybridized carbons (Fsp3) is 0.273. The average Bonchev–Trinajstić information content (AvgIpc) is 2.81. The van der Waals surface area contributed by atoms with Crippen molar-refractivity contribution in [3.63, 3.8) is 0 Å². The van der Waals surface area contributed by atoms with Crippen LogP contribution in [0.5, 0.6) is 0 Å². The fourth-order valence-corrected chi connectivity index (χ4v) is 2.96. The molecule has 2 rings (SSSR count). The maximum Gasteiger partial charge on any atom is 0.269 e.